The standard InChI is InChI=1S/C19H18ClF3N4O2S/c1-29-17(28)13-4-2-3-5-15(13)25-18(30)27-8-6-26(7-9-27)16-14(20)10-12(11-24-16)19(21,22)23/h2-5,10-11H,6-9H2,1H3,(H,25,30). The number of anilines is 2. The Bertz CT molecular complexity index is 950. The van der Waals surface area contributed by atoms with Crippen molar-refractivity contribution in [3.8, 4) is 0 Å². The lowest BCUT2D eigenvalue weighted by Crippen LogP contribution is -2.50. The first kappa shape index (κ1) is 22.1. The van der Waals surface area contributed by atoms with Gasteiger partial charge in [0.15, 0.2) is 5.11 Å². The van der Waals surface area contributed by atoms with Crippen molar-refractivity contribution in [3.05, 3.63) is 52.7 Å². The van der Waals surface area contributed by atoms with Gasteiger partial charge < -0.3 is 19.9 Å². The number of piperazine rings is 1. The van der Waals surface area contributed by atoms with Crippen molar-refractivity contribution in [3.63, 3.8) is 0 Å². The third-order valence-electron chi connectivity index (χ3n) is 4.59. The number of carbonyl (C=O) groups is 1. The van der Waals surface area contributed by atoms with E-state index in [1.165, 1.54) is 7.11 Å². The maximum atomic E-state index is 12.8. The van der Waals surface area contributed by atoms with E-state index in [1.54, 1.807) is 24.3 Å². The van der Waals surface area contributed by atoms with Crippen LogP contribution in [0.2, 0.25) is 5.02 Å². The summed E-state index contributed by atoms with van der Waals surface area (Å²) in [6.45, 7) is 1.95. The number of thiocarbonyl (C=S) groups is 1. The molecule has 3 rings (SSSR count). The fraction of sp³-hybridized carbons (Fsp3) is 0.316. The van der Waals surface area contributed by atoms with Crippen LogP contribution in [0.5, 0.6) is 0 Å². The number of nitrogens with zero attached hydrogens (tertiary/aromatic N) is 3. The van der Waals surface area contributed by atoms with Crippen LogP contribution in [0.15, 0.2) is 36.5 Å². The third kappa shape index (κ3) is 4.93. The summed E-state index contributed by atoms with van der Waals surface area (Å²) >= 11 is 11.5. The molecule has 160 valence electrons. The average Bonchev–Trinajstić information content (AvgIpc) is 2.73. The zero-order valence-electron chi connectivity index (χ0n) is 15.9. The molecule has 2 aromatic rings. The van der Waals surface area contributed by atoms with E-state index in [2.05, 4.69) is 10.3 Å². The molecule has 0 saturated carbocycles. The van der Waals surface area contributed by atoms with Crippen LogP contribution in [0.3, 0.4) is 0 Å². The number of aromatic nitrogens is 1. The molecule has 0 radical (unpaired) electrons. The number of ether oxygens (including phenoxy) is 1. The average molecular weight is 459 g/mol. The summed E-state index contributed by atoms with van der Waals surface area (Å²) < 4.78 is 43.2. The zero-order valence-corrected chi connectivity index (χ0v) is 17.4. The summed E-state index contributed by atoms with van der Waals surface area (Å²) in [5.41, 5.74) is 0.00971. The van der Waals surface area contributed by atoms with Crippen LogP contribution in [-0.2, 0) is 10.9 Å². The van der Waals surface area contributed by atoms with Crippen molar-refractivity contribution < 1.29 is 22.7 Å². The Kier molecular flexibility index (Phi) is 6.67. The monoisotopic (exact) mass is 458 g/mol. The van der Waals surface area contributed by atoms with Crippen molar-refractivity contribution in [1.82, 2.24) is 9.88 Å². The Morgan fingerprint density at radius 3 is 2.50 bits per heavy atom. The smallest absolute Gasteiger partial charge is 0.417 e. The summed E-state index contributed by atoms with van der Waals surface area (Å²) in [4.78, 5) is 19.5. The third-order valence-corrected chi connectivity index (χ3v) is 5.23. The molecule has 1 N–H and O–H groups in total. The van der Waals surface area contributed by atoms with Crippen LogP contribution < -0.4 is 10.2 Å². The van der Waals surface area contributed by atoms with Gasteiger partial charge in [-0.1, -0.05) is 23.7 Å². The van der Waals surface area contributed by atoms with E-state index in [0.29, 0.717) is 48.4 Å². The minimum absolute atomic E-state index is 0.0500. The molecule has 6 nitrogen and oxygen atoms in total. The van der Waals surface area contributed by atoms with Gasteiger partial charge >= 0.3 is 12.1 Å². The van der Waals surface area contributed by atoms with Crippen LogP contribution in [0.25, 0.3) is 0 Å². The van der Waals surface area contributed by atoms with Gasteiger partial charge in [-0.25, -0.2) is 9.78 Å². The molecule has 0 aliphatic carbocycles. The molecule has 1 aliphatic heterocycles. The predicted molar refractivity (Wildman–Crippen MR) is 112 cm³/mol. The van der Waals surface area contributed by atoms with E-state index in [0.717, 1.165) is 12.3 Å². The number of alkyl halides is 3. The first-order valence-corrected chi connectivity index (χ1v) is 9.70. The summed E-state index contributed by atoms with van der Waals surface area (Å²) in [6, 6.07) is 7.73. The minimum Gasteiger partial charge on any atom is -0.465 e. The van der Waals surface area contributed by atoms with Gasteiger partial charge in [0.2, 0.25) is 0 Å². The van der Waals surface area contributed by atoms with Crippen molar-refractivity contribution in [2.24, 2.45) is 0 Å². The van der Waals surface area contributed by atoms with Gasteiger partial charge in [0.1, 0.15) is 5.82 Å². The highest BCUT2D eigenvalue weighted by Gasteiger charge is 2.32. The first-order chi connectivity index (χ1) is 14.2. The molecule has 1 saturated heterocycles. The zero-order chi connectivity index (χ0) is 21.9. The molecular formula is C19H18ClF3N4O2S. The molecule has 1 aliphatic rings. The number of benzene rings is 1. The van der Waals surface area contributed by atoms with E-state index in [9.17, 15) is 18.0 Å². The largest absolute Gasteiger partial charge is 0.465 e. The molecule has 1 aromatic carbocycles. The van der Waals surface area contributed by atoms with Gasteiger partial charge in [-0.15, -0.1) is 0 Å². The fourth-order valence-electron chi connectivity index (χ4n) is 3.01. The van der Waals surface area contributed by atoms with Gasteiger partial charge in [0.05, 0.1) is 28.9 Å². The lowest BCUT2D eigenvalue weighted by molar-refractivity contribution is -0.137. The number of esters is 1. The molecular weight excluding hydrogens is 441 g/mol. The predicted octanol–water partition coefficient (Wildman–Crippen LogP) is 4.06. The molecule has 0 amide bonds. The SMILES string of the molecule is COC(=O)c1ccccc1NC(=S)N1CCN(c2ncc(C(F)(F)F)cc2Cl)CC1. The molecule has 11 heteroatoms. The first-order valence-electron chi connectivity index (χ1n) is 8.91. The van der Waals surface area contributed by atoms with E-state index >= 15 is 0 Å². The minimum atomic E-state index is -4.49. The van der Waals surface area contributed by atoms with Gasteiger partial charge in [0.25, 0.3) is 0 Å². The molecule has 1 fully saturated rings. The Balaban J connectivity index is 1.64. The second-order valence-electron chi connectivity index (χ2n) is 6.47. The van der Waals surface area contributed by atoms with Crippen molar-refractivity contribution in [2.75, 3.05) is 43.5 Å². The maximum Gasteiger partial charge on any atom is 0.417 e. The Labute approximate surface area is 181 Å². The molecule has 30 heavy (non-hydrogen) atoms. The van der Waals surface area contributed by atoms with Crippen LogP contribution in [0.4, 0.5) is 24.7 Å². The Hall–Kier alpha value is -2.59. The van der Waals surface area contributed by atoms with Gasteiger partial charge in [-0.05, 0) is 30.4 Å². The van der Waals surface area contributed by atoms with E-state index < -0.39 is 17.7 Å². The number of para-hydroxylation sites is 1. The summed E-state index contributed by atoms with van der Waals surface area (Å²) in [6.07, 6.45) is -3.71. The number of rotatable bonds is 3. The molecule has 0 atom stereocenters. The molecule has 1 aromatic heterocycles. The normalized spacial score (nSPS) is 14.4. The molecule has 2 heterocycles. The number of pyridine rings is 1. The van der Waals surface area contributed by atoms with Crippen LogP contribution in [0.1, 0.15) is 15.9 Å². The highest BCUT2D eigenvalue weighted by atomic mass is 35.5. The number of halogens is 4. The van der Waals surface area contributed by atoms with Crippen LogP contribution in [-0.4, -0.2) is 54.3 Å². The lowest BCUT2D eigenvalue weighted by atomic mass is 10.2. The Morgan fingerprint density at radius 2 is 1.90 bits per heavy atom. The van der Waals surface area contributed by atoms with Crippen molar-refractivity contribution in [1.29, 1.82) is 0 Å². The number of hydrogen-bond acceptors (Lipinski definition) is 5. The van der Waals surface area contributed by atoms with Crippen molar-refractivity contribution >= 4 is 46.4 Å². The molecule has 0 unspecified atom stereocenters. The van der Waals surface area contributed by atoms with Crippen LogP contribution >= 0.6 is 23.8 Å². The summed E-state index contributed by atoms with van der Waals surface area (Å²) in [5, 5.41) is 3.44. The number of nitrogens with one attached hydrogen (secondary N) is 1. The fourth-order valence-corrected chi connectivity index (χ4v) is 3.59. The highest BCUT2D eigenvalue weighted by Crippen LogP contribution is 2.33. The lowest BCUT2D eigenvalue weighted by Gasteiger charge is -2.37. The van der Waals surface area contributed by atoms with Gasteiger partial charge in [-0.2, -0.15) is 13.2 Å². The number of carbonyl (C=O) groups excluding carboxylic acids is 1. The number of methoxy groups -OCH3 is 1. The molecule has 0 bridgehead atoms. The summed E-state index contributed by atoms with van der Waals surface area (Å²) in [7, 11) is 1.30. The summed E-state index contributed by atoms with van der Waals surface area (Å²) in [5.74, 6) is -0.173. The quantitative estimate of drug-likeness (QED) is 0.550. The van der Waals surface area contributed by atoms with Crippen molar-refractivity contribution in [2.45, 2.75) is 6.18 Å². The topological polar surface area (TPSA) is 57.7 Å². The molecule has 0 spiro atoms. The van der Waals surface area contributed by atoms with Gasteiger partial charge in [0, 0.05) is 32.4 Å². The Morgan fingerprint density at radius 1 is 1.23 bits per heavy atom. The maximum absolute atomic E-state index is 12.8. The second kappa shape index (κ2) is 9.05. The number of hydrogen-bond donors (Lipinski definition) is 1. The second-order valence-corrected chi connectivity index (χ2v) is 7.26. The van der Waals surface area contributed by atoms with E-state index in [4.69, 9.17) is 28.6 Å². The van der Waals surface area contributed by atoms with Crippen LogP contribution in [0, 0.1) is 0 Å². The van der Waals surface area contributed by atoms with E-state index in [1.807, 2.05) is 9.80 Å². The highest BCUT2D eigenvalue weighted by molar-refractivity contribution is 7.80. The van der Waals surface area contributed by atoms with E-state index in [-0.39, 0.29) is 5.02 Å². The van der Waals surface area contributed by atoms with Gasteiger partial charge in [-0.3, -0.25) is 0 Å².